The maximum atomic E-state index is 12.1. The minimum atomic E-state index is -4.71. The van der Waals surface area contributed by atoms with Crippen molar-refractivity contribution in [1.29, 1.82) is 0 Å². The van der Waals surface area contributed by atoms with Crippen LogP contribution in [0.5, 0.6) is 5.75 Å². The van der Waals surface area contributed by atoms with E-state index in [2.05, 4.69) is 10.1 Å². The van der Waals surface area contributed by atoms with Crippen molar-refractivity contribution in [1.82, 2.24) is 5.32 Å². The van der Waals surface area contributed by atoms with Gasteiger partial charge >= 0.3 is 6.36 Å². The number of nitrogens with one attached hydrogen (secondary N) is 1. The topological polar surface area (TPSA) is 41.5 Å². The van der Waals surface area contributed by atoms with Crippen LogP contribution in [-0.4, -0.2) is 18.0 Å². The van der Waals surface area contributed by atoms with Crippen LogP contribution in [0.3, 0.4) is 0 Å². The Morgan fingerprint density at radius 1 is 1.00 bits per heavy atom. The Morgan fingerprint density at radius 2 is 1.62 bits per heavy atom. The maximum Gasteiger partial charge on any atom is 0.573 e. The molecule has 0 bridgehead atoms. The second kappa shape index (κ2) is 8.17. The number of hydrogen-bond acceptors (Lipinski definition) is 3. The van der Waals surface area contributed by atoms with Gasteiger partial charge in [0, 0.05) is 6.04 Å². The summed E-state index contributed by atoms with van der Waals surface area (Å²) in [7, 11) is 0. The smallest absolute Gasteiger partial charge is 0.406 e. The Hall–Kier alpha value is -2.05. The average Bonchev–Trinajstić information content (AvgIpc) is 2.54. The number of aliphatic hydroxyl groups is 1. The summed E-state index contributed by atoms with van der Waals surface area (Å²) in [6.07, 6.45) is -5.01. The van der Waals surface area contributed by atoms with Crippen LogP contribution in [0.25, 0.3) is 0 Å². The zero-order valence-electron chi connectivity index (χ0n) is 13.3. The van der Waals surface area contributed by atoms with Gasteiger partial charge in [0.2, 0.25) is 0 Å². The molecule has 130 valence electrons. The third-order valence-electron chi connectivity index (χ3n) is 3.67. The van der Waals surface area contributed by atoms with Crippen molar-refractivity contribution in [3.05, 3.63) is 65.7 Å². The molecule has 2 aromatic carbocycles. The third-order valence-corrected chi connectivity index (χ3v) is 3.67. The van der Waals surface area contributed by atoms with Crippen molar-refractivity contribution in [3.63, 3.8) is 0 Å². The summed E-state index contributed by atoms with van der Waals surface area (Å²) in [5.74, 6) is -0.297. The number of hydrogen-bond donors (Lipinski definition) is 2. The van der Waals surface area contributed by atoms with Gasteiger partial charge in [0.25, 0.3) is 0 Å². The molecule has 6 heteroatoms. The van der Waals surface area contributed by atoms with Gasteiger partial charge in [0.1, 0.15) is 5.75 Å². The van der Waals surface area contributed by atoms with E-state index in [0.29, 0.717) is 18.5 Å². The number of aliphatic hydroxyl groups excluding tert-OH is 1. The van der Waals surface area contributed by atoms with E-state index in [4.69, 9.17) is 0 Å². The summed E-state index contributed by atoms with van der Waals surface area (Å²) in [6, 6.07) is 15.4. The lowest BCUT2D eigenvalue weighted by atomic mass is 10.1. The summed E-state index contributed by atoms with van der Waals surface area (Å²) in [5, 5.41) is 13.4. The Labute approximate surface area is 139 Å². The fourth-order valence-corrected chi connectivity index (χ4v) is 2.35. The lowest BCUT2D eigenvalue weighted by Gasteiger charge is -2.17. The van der Waals surface area contributed by atoms with E-state index in [-0.39, 0.29) is 11.8 Å². The third kappa shape index (κ3) is 5.86. The second-order valence-corrected chi connectivity index (χ2v) is 5.51. The molecule has 24 heavy (non-hydrogen) atoms. The van der Waals surface area contributed by atoms with Crippen LogP contribution in [0, 0.1) is 0 Å². The van der Waals surface area contributed by atoms with E-state index < -0.39 is 12.5 Å². The highest BCUT2D eigenvalue weighted by Crippen LogP contribution is 2.25. The molecule has 2 aromatic rings. The fourth-order valence-electron chi connectivity index (χ4n) is 2.35. The average molecular weight is 339 g/mol. The van der Waals surface area contributed by atoms with Gasteiger partial charge in [-0.25, -0.2) is 0 Å². The first-order valence-electron chi connectivity index (χ1n) is 7.67. The van der Waals surface area contributed by atoms with E-state index in [9.17, 15) is 18.3 Å². The highest BCUT2D eigenvalue weighted by molar-refractivity contribution is 5.28. The van der Waals surface area contributed by atoms with Crippen LogP contribution in [0.1, 0.15) is 36.6 Å². The highest BCUT2D eigenvalue weighted by Gasteiger charge is 2.31. The minimum absolute atomic E-state index is 0.154. The lowest BCUT2D eigenvalue weighted by molar-refractivity contribution is -0.274. The first-order chi connectivity index (χ1) is 11.3. The van der Waals surface area contributed by atoms with Gasteiger partial charge in [-0.3, -0.25) is 0 Å². The van der Waals surface area contributed by atoms with Crippen LogP contribution in [0.4, 0.5) is 13.2 Å². The van der Waals surface area contributed by atoms with Gasteiger partial charge in [-0.05, 0) is 43.1 Å². The van der Waals surface area contributed by atoms with E-state index in [1.807, 2.05) is 37.3 Å². The SMILES string of the molecule is C[C@@H](NCCC(O)c1ccc(OC(F)(F)F)cc1)c1ccccc1. The van der Waals surface area contributed by atoms with Crippen molar-refractivity contribution < 1.29 is 23.0 Å². The molecule has 3 nitrogen and oxygen atoms in total. The molecule has 0 heterocycles. The summed E-state index contributed by atoms with van der Waals surface area (Å²) in [6.45, 7) is 2.61. The lowest BCUT2D eigenvalue weighted by Crippen LogP contribution is -2.21. The van der Waals surface area contributed by atoms with Crippen molar-refractivity contribution in [2.45, 2.75) is 31.9 Å². The minimum Gasteiger partial charge on any atom is -0.406 e. The molecule has 2 atom stereocenters. The Morgan fingerprint density at radius 3 is 2.21 bits per heavy atom. The van der Waals surface area contributed by atoms with Crippen LogP contribution in [0.2, 0.25) is 0 Å². The molecule has 1 unspecified atom stereocenters. The van der Waals surface area contributed by atoms with Crippen LogP contribution < -0.4 is 10.1 Å². The summed E-state index contributed by atoms with van der Waals surface area (Å²) in [5.41, 5.74) is 1.71. The van der Waals surface area contributed by atoms with E-state index in [1.54, 1.807) is 0 Å². The molecule has 0 saturated carbocycles. The maximum absolute atomic E-state index is 12.1. The van der Waals surface area contributed by atoms with E-state index >= 15 is 0 Å². The molecule has 0 spiro atoms. The molecule has 0 aliphatic heterocycles. The normalized spacial score (nSPS) is 14.2. The van der Waals surface area contributed by atoms with Crippen molar-refractivity contribution in [2.24, 2.45) is 0 Å². The van der Waals surface area contributed by atoms with E-state index in [1.165, 1.54) is 24.3 Å². The highest BCUT2D eigenvalue weighted by atomic mass is 19.4. The number of rotatable bonds is 7. The fraction of sp³-hybridized carbons (Fsp3) is 0.333. The standard InChI is InChI=1S/C18H20F3NO2/c1-13(14-5-3-2-4-6-14)22-12-11-17(23)15-7-9-16(10-8-15)24-18(19,20)21/h2-10,13,17,22-23H,11-12H2,1H3/t13-,17?/m1/s1. The van der Waals surface area contributed by atoms with E-state index in [0.717, 1.165) is 5.56 Å². The van der Waals surface area contributed by atoms with Gasteiger partial charge in [-0.15, -0.1) is 13.2 Å². The number of halogens is 3. The first kappa shape index (κ1) is 18.3. The van der Waals surface area contributed by atoms with Gasteiger partial charge in [0.05, 0.1) is 6.10 Å². The molecule has 2 rings (SSSR count). The molecular formula is C18H20F3NO2. The number of benzene rings is 2. The van der Waals surface area contributed by atoms with Crippen LogP contribution in [-0.2, 0) is 0 Å². The van der Waals surface area contributed by atoms with Gasteiger partial charge in [0.15, 0.2) is 0 Å². The number of ether oxygens (including phenoxy) is 1. The van der Waals surface area contributed by atoms with Crippen molar-refractivity contribution in [2.75, 3.05) is 6.54 Å². The molecule has 0 radical (unpaired) electrons. The molecule has 0 aromatic heterocycles. The van der Waals surface area contributed by atoms with Gasteiger partial charge in [-0.1, -0.05) is 42.5 Å². The Balaban J connectivity index is 1.81. The summed E-state index contributed by atoms with van der Waals surface area (Å²) >= 11 is 0. The summed E-state index contributed by atoms with van der Waals surface area (Å²) in [4.78, 5) is 0. The van der Waals surface area contributed by atoms with Crippen LogP contribution >= 0.6 is 0 Å². The molecule has 0 aliphatic carbocycles. The molecule has 0 fully saturated rings. The predicted octanol–water partition coefficient (Wildman–Crippen LogP) is 4.36. The quantitative estimate of drug-likeness (QED) is 0.787. The molecule has 0 saturated heterocycles. The van der Waals surface area contributed by atoms with Crippen molar-refractivity contribution in [3.8, 4) is 5.75 Å². The largest absolute Gasteiger partial charge is 0.573 e. The Bertz CT molecular complexity index is 614. The van der Waals surface area contributed by atoms with Crippen LogP contribution in [0.15, 0.2) is 54.6 Å². The van der Waals surface area contributed by atoms with Gasteiger partial charge in [-0.2, -0.15) is 0 Å². The predicted molar refractivity (Wildman–Crippen MR) is 85.6 cm³/mol. The Kier molecular flexibility index (Phi) is 6.23. The molecule has 0 aliphatic rings. The zero-order chi connectivity index (χ0) is 17.6. The molecule has 0 amide bonds. The summed E-state index contributed by atoms with van der Waals surface area (Å²) < 4.78 is 40.1. The second-order valence-electron chi connectivity index (χ2n) is 5.51. The molecule has 2 N–H and O–H groups in total. The monoisotopic (exact) mass is 339 g/mol. The molecular weight excluding hydrogens is 319 g/mol. The van der Waals surface area contributed by atoms with Gasteiger partial charge < -0.3 is 15.2 Å². The first-order valence-corrected chi connectivity index (χ1v) is 7.67. The number of alkyl halides is 3. The zero-order valence-corrected chi connectivity index (χ0v) is 13.3. The van der Waals surface area contributed by atoms with Crippen molar-refractivity contribution >= 4 is 0 Å².